The molecule has 1 aromatic rings. The molecule has 1 N–H and O–H groups in total. The lowest BCUT2D eigenvalue weighted by molar-refractivity contribution is -0.138. The summed E-state index contributed by atoms with van der Waals surface area (Å²) in [6.07, 6.45) is -5.75. The second-order valence-corrected chi connectivity index (χ2v) is 5.55. The van der Waals surface area contributed by atoms with Crippen molar-refractivity contribution in [3.05, 3.63) is 34.9 Å². The van der Waals surface area contributed by atoms with E-state index in [1.807, 2.05) is 0 Å². The molecule has 0 saturated carbocycles. The first-order chi connectivity index (χ1) is 10.3. The van der Waals surface area contributed by atoms with Crippen molar-refractivity contribution in [1.82, 2.24) is 10.2 Å². The standard InChI is InChI=1S/C15H19F5N2.ClH/c1-10-2-3-11(16)13(14(10)17)12(4-5-15(18,19)20)22-8-6-21-7-9-22;/h2-3,12,21H,4-9H2,1H3;1H/t12-;/m1./s1. The van der Waals surface area contributed by atoms with Crippen LogP contribution in [0.25, 0.3) is 0 Å². The summed E-state index contributed by atoms with van der Waals surface area (Å²) < 4.78 is 66.1. The molecule has 8 heteroatoms. The molecule has 1 atom stereocenters. The van der Waals surface area contributed by atoms with Gasteiger partial charge in [0.15, 0.2) is 0 Å². The van der Waals surface area contributed by atoms with Gasteiger partial charge in [-0.2, -0.15) is 13.2 Å². The van der Waals surface area contributed by atoms with Crippen LogP contribution in [0.1, 0.15) is 30.0 Å². The largest absolute Gasteiger partial charge is 0.389 e. The summed E-state index contributed by atoms with van der Waals surface area (Å²) >= 11 is 0. The average Bonchev–Trinajstić information content (AvgIpc) is 2.46. The number of piperazine rings is 1. The summed E-state index contributed by atoms with van der Waals surface area (Å²) in [6.45, 7) is 3.61. The van der Waals surface area contributed by atoms with Crippen LogP contribution in [0.2, 0.25) is 0 Å². The van der Waals surface area contributed by atoms with Gasteiger partial charge >= 0.3 is 6.18 Å². The number of hydrogen-bond acceptors (Lipinski definition) is 2. The molecular weight excluding hydrogens is 339 g/mol. The Morgan fingerprint density at radius 2 is 1.78 bits per heavy atom. The Morgan fingerprint density at radius 3 is 2.35 bits per heavy atom. The second kappa shape index (κ2) is 8.26. The van der Waals surface area contributed by atoms with Gasteiger partial charge < -0.3 is 5.32 Å². The highest BCUT2D eigenvalue weighted by atomic mass is 35.5. The Kier molecular flexibility index (Phi) is 7.23. The van der Waals surface area contributed by atoms with Crippen molar-refractivity contribution >= 4 is 12.4 Å². The lowest BCUT2D eigenvalue weighted by Gasteiger charge is -2.36. The quantitative estimate of drug-likeness (QED) is 0.819. The van der Waals surface area contributed by atoms with Gasteiger partial charge in [0.1, 0.15) is 11.6 Å². The molecule has 1 saturated heterocycles. The van der Waals surface area contributed by atoms with Crippen molar-refractivity contribution in [2.24, 2.45) is 0 Å². The minimum Gasteiger partial charge on any atom is -0.314 e. The smallest absolute Gasteiger partial charge is 0.314 e. The molecule has 0 bridgehead atoms. The molecule has 1 heterocycles. The number of aryl methyl sites for hydroxylation is 1. The Hall–Kier alpha value is -0.920. The van der Waals surface area contributed by atoms with Gasteiger partial charge in [0, 0.05) is 44.2 Å². The maximum atomic E-state index is 14.3. The number of hydrogen-bond donors (Lipinski definition) is 1. The first-order valence-corrected chi connectivity index (χ1v) is 7.25. The highest BCUT2D eigenvalue weighted by Crippen LogP contribution is 2.35. The molecule has 0 unspecified atom stereocenters. The Balaban J connectivity index is 0.00000264. The Morgan fingerprint density at radius 1 is 1.17 bits per heavy atom. The molecule has 1 fully saturated rings. The van der Waals surface area contributed by atoms with Crippen LogP contribution in [0.15, 0.2) is 12.1 Å². The third kappa shape index (κ3) is 5.29. The van der Waals surface area contributed by atoms with Gasteiger partial charge in [0.2, 0.25) is 0 Å². The van der Waals surface area contributed by atoms with Gasteiger partial charge in [-0.1, -0.05) is 6.07 Å². The van der Waals surface area contributed by atoms with Crippen molar-refractivity contribution in [3.63, 3.8) is 0 Å². The van der Waals surface area contributed by atoms with E-state index in [0.29, 0.717) is 26.2 Å². The lowest BCUT2D eigenvalue weighted by atomic mass is 9.96. The van der Waals surface area contributed by atoms with E-state index >= 15 is 0 Å². The van der Waals surface area contributed by atoms with Crippen molar-refractivity contribution < 1.29 is 22.0 Å². The molecule has 23 heavy (non-hydrogen) atoms. The van der Waals surface area contributed by atoms with Crippen molar-refractivity contribution in [2.75, 3.05) is 26.2 Å². The molecule has 0 amide bonds. The summed E-state index contributed by atoms with van der Waals surface area (Å²) in [6, 6.07) is 1.52. The van der Waals surface area contributed by atoms with E-state index < -0.39 is 30.3 Å². The second-order valence-electron chi connectivity index (χ2n) is 5.55. The van der Waals surface area contributed by atoms with Gasteiger partial charge in [-0.25, -0.2) is 8.78 Å². The molecule has 0 radical (unpaired) electrons. The van der Waals surface area contributed by atoms with Crippen molar-refractivity contribution in [2.45, 2.75) is 32.0 Å². The molecule has 0 aliphatic carbocycles. The SMILES string of the molecule is Cc1ccc(F)c([C@@H](CCC(F)(F)F)N2CCNCC2)c1F.Cl. The van der Waals surface area contributed by atoms with Gasteiger partial charge in [0.05, 0.1) is 0 Å². The summed E-state index contributed by atoms with van der Waals surface area (Å²) in [4.78, 5) is 1.73. The van der Waals surface area contributed by atoms with Crippen LogP contribution in [-0.2, 0) is 0 Å². The number of benzene rings is 1. The maximum absolute atomic E-state index is 14.3. The molecule has 1 aromatic carbocycles. The highest BCUT2D eigenvalue weighted by Gasteiger charge is 2.33. The topological polar surface area (TPSA) is 15.3 Å². The minimum atomic E-state index is -4.34. The predicted octanol–water partition coefficient (Wildman–Crippen LogP) is 3.98. The van der Waals surface area contributed by atoms with Crippen LogP contribution in [0.4, 0.5) is 22.0 Å². The van der Waals surface area contributed by atoms with Crippen molar-refractivity contribution in [1.29, 1.82) is 0 Å². The number of nitrogens with zero attached hydrogens (tertiary/aromatic N) is 1. The minimum absolute atomic E-state index is 0. The van der Waals surface area contributed by atoms with E-state index in [1.165, 1.54) is 13.0 Å². The van der Waals surface area contributed by atoms with Crippen LogP contribution < -0.4 is 5.32 Å². The van der Waals surface area contributed by atoms with Gasteiger partial charge in [-0.15, -0.1) is 12.4 Å². The predicted molar refractivity (Wildman–Crippen MR) is 80.8 cm³/mol. The zero-order valence-corrected chi connectivity index (χ0v) is 13.5. The van der Waals surface area contributed by atoms with Crippen LogP contribution in [0.3, 0.4) is 0 Å². The fraction of sp³-hybridized carbons (Fsp3) is 0.600. The molecular formula is C15H20ClF5N2. The monoisotopic (exact) mass is 358 g/mol. The number of nitrogens with one attached hydrogen (secondary N) is 1. The summed E-state index contributed by atoms with van der Waals surface area (Å²) in [5, 5.41) is 3.08. The van der Waals surface area contributed by atoms with E-state index in [4.69, 9.17) is 0 Å². The van der Waals surface area contributed by atoms with Gasteiger partial charge in [-0.05, 0) is 25.0 Å². The van der Waals surface area contributed by atoms with Gasteiger partial charge in [-0.3, -0.25) is 4.90 Å². The number of halogens is 6. The van der Waals surface area contributed by atoms with Crippen LogP contribution in [0.5, 0.6) is 0 Å². The average molecular weight is 359 g/mol. The molecule has 132 valence electrons. The normalized spacial score (nSPS) is 17.7. The first kappa shape index (κ1) is 20.1. The van der Waals surface area contributed by atoms with Crippen molar-refractivity contribution in [3.8, 4) is 0 Å². The van der Waals surface area contributed by atoms with Crippen LogP contribution in [0, 0.1) is 18.6 Å². The number of alkyl halides is 3. The molecule has 1 aliphatic rings. The van der Waals surface area contributed by atoms with E-state index in [-0.39, 0.29) is 30.0 Å². The first-order valence-electron chi connectivity index (χ1n) is 7.25. The van der Waals surface area contributed by atoms with Gasteiger partial charge in [0.25, 0.3) is 0 Å². The molecule has 1 aliphatic heterocycles. The van der Waals surface area contributed by atoms with E-state index in [0.717, 1.165) is 6.07 Å². The summed E-state index contributed by atoms with van der Waals surface area (Å²) in [7, 11) is 0. The molecule has 0 aromatic heterocycles. The summed E-state index contributed by atoms with van der Waals surface area (Å²) in [5.74, 6) is -1.53. The van der Waals surface area contributed by atoms with E-state index in [9.17, 15) is 22.0 Å². The van der Waals surface area contributed by atoms with Crippen LogP contribution in [-0.4, -0.2) is 37.3 Å². The Bertz CT molecular complexity index is 515. The molecule has 0 spiro atoms. The van der Waals surface area contributed by atoms with E-state index in [2.05, 4.69) is 5.32 Å². The van der Waals surface area contributed by atoms with E-state index in [1.54, 1.807) is 4.90 Å². The number of rotatable bonds is 4. The zero-order valence-electron chi connectivity index (χ0n) is 12.7. The summed E-state index contributed by atoms with van der Waals surface area (Å²) in [5.41, 5.74) is -0.00491. The Labute approximate surface area is 138 Å². The maximum Gasteiger partial charge on any atom is 0.389 e. The molecule has 2 nitrogen and oxygen atoms in total. The zero-order chi connectivity index (χ0) is 16.3. The molecule has 2 rings (SSSR count). The third-order valence-corrected chi connectivity index (χ3v) is 3.95. The fourth-order valence-electron chi connectivity index (χ4n) is 2.79. The lowest BCUT2D eigenvalue weighted by Crippen LogP contribution is -2.45. The van der Waals surface area contributed by atoms with Crippen LogP contribution >= 0.6 is 12.4 Å². The third-order valence-electron chi connectivity index (χ3n) is 3.95. The highest BCUT2D eigenvalue weighted by molar-refractivity contribution is 5.85. The fourth-order valence-corrected chi connectivity index (χ4v) is 2.79.